The van der Waals surface area contributed by atoms with Crippen LogP contribution < -0.4 is 0 Å². The number of fused-ring (bicyclic) bond motifs is 1. The molecule has 0 aromatic heterocycles. The van der Waals surface area contributed by atoms with Crippen LogP contribution in [0.1, 0.15) is 39.5 Å². The van der Waals surface area contributed by atoms with Crippen molar-refractivity contribution in [3.05, 3.63) is 0 Å². The number of rotatable bonds is 2. The molecular weight excluding hydrogens is 152 g/mol. The summed E-state index contributed by atoms with van der Waals surface area (Å²) >= 11 is 0. The second-order valence-corrected chi connectivity index (χ2v) is 4.20. The van der Waals surface area contributed by atoms with Crippen LogP contribution in [0.2, 0.25) is 0 Å². The fourth-order valence-corrected chi connectivity index (χ4v) is 2.73. The predicted molar refractivity (Wildman–Crippen MR) is 46.9 cm³/mol. The summed E-state index contributed by atoms with van der Waals surface area (Å²) in [5.74, 6) is -0.207. The van der Waals surface area contributed by atoms with Gasteiger partial charge in [-0.25, -0.2) is 0 Å². The van der Waals surface area contributed by atoms with Gasteiger partial charge in [0.15, 0.2) is 5.79 Å². The summed E-state index contributed by atoms with van der Waals surface area (Å²) < 4.78 is 11.6. The maximum atomic E-state index is 5.80. The van der Waals surface area contributed by atoms with Gasteiger partial charge in [0.1, 0.15) is 0 Å². The van der Waals surface area contributed by atoms with Crippen molar-refractivity contribution in [2.45, 2.75) is 45.3 Å². The fourth-order valence-electron chi connectivity index (χ4n) is 2.73. The molecule has 1 aliphatic carbocycles. The summed E-state index contributed by atoms with van der Waals surface area (Å²) in [6.45, 7) is 6.02. The molecule has 2 rings (SSSR count). The van der Waals surface area contributed by atoms with Crippen LogP contribution in [0, 0.1) is 5.41 Å². The van der Waals surface area contributed by atoms with Crippen LogP contribution in [0.15, 0.2) is 0 Å². The van der Waals surface area contributed by atoms with Crippen molar-refractivity contribution >= 4 is 0 Å². The van der Waals surface area contributed by atoms with Crippen molar-refractivity contribution in [2.75, 3.05) is 13.2 Å². The van der Waals surface area contributed by atoms with Gasteiger partial charge in [0.05, 0.1) is 6.61 Å². The summed E-state index contributed by atoms with van der Waals surface area (Å²) in [7, 11) is 0. The quantitative estimate of drug-likeness (QED) is 0.633. The first-order chi connectivity index (χ1) is 5.72. The first-order valence-electron chi connectivity index (χ1n) is 5.00. The topological polar surface area (TPSA) is 18.5 Å². The third-order valence-corrected chi connectivity index (χ3v) is 3.52. The average Bonchev–Trinajstić information content (AvgIpc) is 2.42. The Hall–Kier alpha value is -0.0800. The number of hydrogen-bond acceptors (Lipinski definition) is 2. The molecule has 2 aliphatic rings. The van der Waals surface area contributed by atoms with Gasteiger partial charge in [0, 0.05) is 18.4 Å². The molecule has 0 spiro atoms. The van der Waals surface area contributed by atoms with Crippen LogP contribution >= 0.6 is 0 Å². The van der Waals surface area contributed by atoms with Gasteiger partial charge in [-0.05, 0) is 26.2 Å². The zero-order chi connectivity index (χ0) is 8.66. The Morgan fingerprint density at radius 3 is 2.92 bits per heavy atom. The van der Waals surface area contributed by atoms with E-state index in [9.17, 15) is 0 Å². The Morgan fingerprint density at radius 1 is 1.33 bits per heavy atom. The van der Waals surface area contributed by atoms with Gasteiger partial charge >= 0.3 is 0 Å². The van der Waals surface area contributed by atoms with E-state index in [1.807, 2.05) is 0 Å². The lowest BCUT2D eigenvalue weighted by Gasteiger charge is -2.35. The Morgan fingerprint density at radius 2 is 2.17 bits per heavy atom. The van der Waals surface area contributed by atoms with E-state index in [2.05, 4.69) is 13.8 Å². The predicted octanol–water partition coefficient (Wildman–Crippen LogP) is 2.33. The van der Waals surface area contributed by atoms with Crippen LogP contribution in [0.25, 0.3) is 0 Å². The van der Waals surface area contributed by atoms with Gasteiger partial charge < -0.3 is 9.47 Å². The summed E-state index contributed by atoms with van der Waals surface area (Å²) in [4.78, 5) is 0. The zero-order valence-corrected chi connectivity index (χ0v) is 8.06. The molecule has 1 saturated carbocycles. The SMILES string of the molecule is CCOC12CCCC1(C)CCO2. The highest BCUT2D eigenvalue weighted by molar-refractivity contribution is 5.00. The average molecular weight is 170 g/mol. The molecule has 0 radical (unpaired) electrons. The van der Waals surface area contributed by atoms with Crippen molar-refractivity contribution in [3.8, 4) is 0 Å². The highest BCUT2D eigenvalue weighted by Gasteiger charge is 2.57. The molecule has 0 N–H and O–H groups in total. The van der Waals surface area contributed by atoms with E-state index in [-0.39, 0.29) is 5.79 Å². The summed E-state index contributed by atoms with van der Waals surface area (Å²) in [6.07, 6.45) is 4.80. The monoisotopic (exact) mass is 170 g/mol. The molecule has 2 fully saturated rings. The van der Waals surface area contributed by atoms with Crippen molar-refractivity contribution in [2.24, 2.45) is 5.41 Å². The molecule has 70 valence electrons. The first-order valence-corrected chi connectivity index (χ1v) is 5.00. The zero-order valence-electron chi connectivity index (χ0n) is 8.06. The standard InChI is InChI=1S/C10H18O2/c1-3-11-10-6-4-5-9(10,2)7-8-12-10/h3-8H2,1-2H3. The highest BCUT2D eigenvalue weighted by Crippen LogP contribution is 2.55. The van der Waals surface area contributed by atoms with Crippen LogP contribution in [-0.2, 0) is 9.47 Å². The first kappa shape index (κ1) is 8.52. The largest absolute Gasteiger partial charge is 0.350 e. The van der Waals surface area contributed by atoms with E-state index in [1.54, 1.807) is 0 Å². The summed E-state index contributed by atoms with van der Waals surface area (Å²) in [5, 5.41) is 0. The molecule has 2 nitrogen and oxygen atoms in total. The van der Waals surface area contributed by atoms with E-state index >= 15 is 0 Å². The minimum absolute atomic E-state index is 0.207. The maximum absolute atomic E-state index is 5.80. The lowest BCUT2D eigenvalue weighted by atomic mass is 9.83. The van der Waals surface area contributed by atoms with E-state index in [0.717, 1.165) is 19.6 Å². The van der Waals surface area contributed by atoms with Crippen LogP contribution in [0.4, 0.5) is 0 Å². The van der Waals surface area contributed by atoms with E-state index < -0.39 is 0 Å². The summed E-state index contributed by atoms with van der Waals surface area (Å²) in [5.41, 5.74) is 0.309. The van der Waals surface area contributed by atoms with E-state index in [1.165, 1.54) is 19.3 Å². The van der Waals surface area contributed by atoms with E-state index in [0.29, 0.717) is 5.41 Å². The van der Waals surface area contributed by atoms with Crippen molar-refractivity contribution in [1.29, 1.82) is 0 Å². The van der Waals surface area contributed by atoms with Gasteiger partial charge in [0.2, 0.25) is 0 Å². The van der Waals surface area contributed by atoms with Gasteiger partial charge in [0.25, 0.3) is 0 Å². The second-order valence-electron chi connectivity index (χ2n) is 4.20. The van der Waals surface area contributed by atoms with Crippen LogP contribution in [0.5, 0.6) is 0 Å². The Labute approximate surface area is 74.2 Å². The molecule has 2 heteroatoms. The number of ether oxygens (including phenoxy) is 2. The molecule has 0 bridgehead atoms. The molecular formula is C10H18O2. The normalized spacial score (nSPS) is 46.5. The third kappa shape index (κ3) is 0.944. The highest BCUT2D eigenvalue weighted by atomic mass is 16.7. The second kappa shape index (κ2) is 2.71. The number of hydrogen-bond donors (Lipinski definition) is 0. The van der Waals surface area contributed by atoms with Crippen molar-refractivity contribution < 1.29 is 9.47 Å². The lowest BCUT2D eigenvalue weighted by molar-refractivity contribution is -0.240. The Balaban J connectivity index is 2.20. The van der Waals surface area contributed by atoms with Crippen LogP contribution in [0.3, 0.4) is 0 Å². The minimum atomic E-state index is -0.207. The van der Waals surface area contributed by atoms with Crippen LogP contribution in [-0.4, -0.2) is 19.0 Å². The smallest absolute Gasteiger partial charge is 0.173 e. The van der Waals surface area contributed by atoms with Crippen molar-refractivity contribution in [1.82, 2.24) is 0 Å². The van der Waals surface area contributed by atoms with Gasteiger partial charge in [-0.1, -0.05) is 6.92 Å². The summed E-state index contributed by atoms with van der Waals surface area (Å²) in [6, 6.07) is 0. The van der Waals surface area contributed by atoms with Gasteiger partial charge in [-0.15, -0.1) is 0 Å². The Kier molecular flexibility index (Phi) is 1.92. The van der Waals surface area contributed by atoms with Crippen molar-refractivity contribution in [3.63, 3.8) is 0 Å². The molecule has 2 atom stereocenters. The maximum Gasteiger partial charge on any atom is 0.173 e. The van der Waals surface area contributed by atoms with Gasteiger partial charge in [-0.3, -0.25) is 0 Å². The van der Waals surface area contributed by atoms with E-state index in [4.69, 9.17) is 9.47 Å². The van der Waals surface area contributed by atoms with Gasteiger partial charge in [-0.2, -0.15) is 0 Å². The Bertz CT molecular complexity index is 167. The third-order valence-electron chi connectivity index (χ3n) is 3.52. The lowest BCUT2D eigenvalue weighted by Crippen LogP contribution is -2.41. The fraction of sp³-hybridized carbons (Fsp3) is 1.00. The molecule has 0 amide bonds. The molecule has 0 aromatic carbocycles. The molecule has 12 heavy (non-hydrogen) atoms. The molecule has 1 aliphatic heterocycles. The molecule has 0 aromatic rings. The molecule has 1 heterocycles. The minimum Gasteiger partial charge on any atom is -0.350 e. The molecule has 2 unspecified atom stereocenters. The molecule has 1 saturated heterocycles.